The van der Waals surface area contributed by atoms with E-state index in [1.807, 2.05) is 0 Å². The first-order valence-electron chi connectivity index (χ1n) is 7.71. The van der Waals surface area contributed by atoms with Crippen LogP contribution in [0.1, 0.15) is 11.1 Å². The second-order valence-corrected chi connectivity index (χ2v) is 7.01. The van der Waals surface area contributed by atoms with Crippen molar-refractivity contribution in [3.63, 3.8) is 0 Å². The van der Waals surface area contributed by atoms with E-state index in [1.165, 1.54) is 0 Å². The van der Waals surface area contributed by atoms with E-state index in [-0.39, 0.29) is 45.8 Å². The van der Waals surface area contributed by atoms with Crippen LogP contribution in [-0.2, 0) is 12.4 Å². The van der Waals surface area contributed by atoms with E-state index >= 15 is 0 Å². The molecule has 0 aliphatic carbocycles. The molecule has 0 saturated carbocycles. The van der Waals surface area contributed by atoms with E-state index in [4.69, 9.17) is 5.11 Å². The summed E-state index contributed by atoms with van der Waals surface area (Å²) in [4.78, 5) is 18.6. The van der Waals surface area contributed by atoms with Crippen LogP contribution in [0.15, 0.2) is 33.2 Å². The van der Waals surface area contributed by atoms with Crippen molar-refractivity contribution in [2.24, 2.45) is 0 Å². The fourth-order valence-corrected chi connectivity index (χ4v) is 3.05. The fraction of sp³-hybridized carbons (Fsp3) is 0.250. The summed E-state index contributed by atoms with van der Waals surface area (Å²) in [5.74, 6) is -1.55. The maximum absolute atomic E-state index is 12.8. The zero-order valence-electron chi connectivity index (χ0n) is 17.1. The number of halogens is 9. The van der Waals surface area contributed by atoms with E-state index in [1.54, 1.807) is 0 Å². The number of hydrogen-bond acceptors (Lipinski definition) is 6. The molecule has 34 heavy (non-hydrogen) atoms. The Bertz CT molecular complexity index is 1020. The van der Waals surface area contributed by atoms with Crippen LogP contribution >= 0.6 is 31.9 Å². The van der Waals surface area contributed by atoms with Crippen molar-refractivity contribution in [1.29, 1.82) is 0 Å². The molecular formula is C16H10Br2F7N2NaO6. The Balaban J connectivity index is 0. The zero-order chi connectivity index (χ0) is 26.3. The van der Waals surface area contributed by atoms with Gasteiger partial charge in [0.2, 0.25) is 5.82 Å². The van der Waals surface area contributed by atoms with Crippen molar-refractivity contribution in [2.45, 2.75) is 12.4 Å². The van der Waals surface area contributed by atoms with E-state index in [0.717, 1.165) is 20.3 Å². The van der Waals surface area contributed by atoms with Crippen molar-refractivity contribution >= 4 is 43.2 Å². The van der Waals surface area contributed by atoms with Crippen LogP contribution in [0.4, 0.5) is 42.1 Å². The topological polar surface area (TPSA) is 119 Å². The van der Waals surface area contributed by atoms with Gasteiger partial charge in [-0.3, -0.25) is 20.2 Å². The monoisotopic (exact) mass is 640 g/mol. The van der Waals surface area contributed by atoms with Crippen molar-refractivity contribution in [2.75, 3.05) is 14.2 Å². The van der Waals surface area contributed by atoms with Gasteiger partial charge in [0.1, 0.15) is 0 Å². The van der Waals surface area contributed by atoms with Gasteiger partial charge < -0.3 is 9.84 Å². The van der Waals surface area contributed by atoms with E-state index in [0.29, 0.717) is 12.1 Å². The van der Waals surface area contributed by atoms with Gasteiger partial charge in [-0.15, -0.1) is 0 Å². The molecule has 0 saturated heterocycles. The van der Waals surface area contributed by atoms with Gasteiger partial charge >= 0.3 is 53.3 Å². The Labute approximate surface area is 224 Å². The summed E-state index contributed by atoms with van der Waals surface area (Å²) in [5.41, 5.74) is -4.32. The molecule has 8 nitrogen and oxygen atoms in total. The summed E-state index contributed by atoms with van der Waals surface area (Å²) in [6.07, 6.45) is -9.42. The fourth-order valence-electron chi connectivity index (χ4n) is 1.96. The molecule has 0 aromatic heterocycles. The van der Waals surface area contributed by atoms with Crippen LogP contribution in [0.25, 0.3) is 0 Å². The van der Waals surface area contributed by atoms with Crippen LogP contribution in [-0.4, -0.2) is 24.1 Å². The Morgan fingerprint density at radius 1 is 0.794 bits per heavy atom. The molecule has 2 aromatic rings. The minimum absolute atomic E-state index is 0. The molecule has 0 bridgehead atoms. The molecule has 0 heterocycles. The minimum atomic E-state index is -4.77. The summed E-state index contributed by atoms with van der Waals surface area (Å²) in [7, 11) is 1.89. The van der Waals surface area contributed by atoms with E-state index in [2.05, 4.69) is 36.6 Å². The van der Waals surface area contributed by atoms with Gasteiger partial charge in [-0.1, -0.05) is 31.9 Å². The molecule has 184 valence electrons. The number of methoxy groups -OCH3 is 1. The van der Waals surface area contributed by atoms with Gasteiger partial charge in [0.05, 0.1) is 28.1 Å². The van der Waals surface area contributed by atoms with E-state index in [9.17, 15) is 51.0 Å². The molecule has 0 spiro atoms. The first-order valence-corrected chi connectivity index (χ1v) is 9.29. The maximum atomic E-state index is 12.8. The molecule has 0 fully saturated rings. The average Bonchev–Trinajstić information content (AvgIpc) is 2.67. The molecular weight excluding hydrogens is 632 g/mol. The number of nitrogens with zero attached hydrogens (tertiary/aromatic N) is 2. The number of nitro groups is 2. The number of alkyl halides is 6. The maximum Gasteiger partial charge on any atom is 1.00 e. The number of rotatable bonds is 3. The number of benzene rings is 2. The summed E-state index contributed by atoms with van der Waals surface area (Å²) in [5, 5.41) is 29.0. The van der Waals surface area contributed by atoms with Crippen molar-refractivity contribution < 1.29 is 80.0 Å². The standard InChI is InChI=1S/C8H5BrF3NO3.C7H2BrF4NO2.CH3O.Na/c1-16-7-3-5(9)4(8(10,11)12)2-6(7)13(14)15;8-4-2-5(9)6(13(14)15)1-3(4)7(10,11)12;1-2;/h2-3H,1H3;1-2H;1H3;/q;;-1;+1. The third-order valence-electron chi connectivity index (χ3n) is 3.31. The predicted molar refractivity (Wildman–Crippen MR) is 104 cm³/mol. The molecule has 2 aromatic carbocycles. The molecule has 0 amide bonds. The van der Waals surface area contributed by atoms with Gasteiger partial charge in [-0.2, -0.15) is 37.8 Å². The van der Waals surface area contributed by atoms with Crippen LogP contribution < -0.4 is 39.4 Å². The van der Waals surface area contributed by atoms with Crippen LogP contribution in [0, 0.1) is 26.0 Å². The van der Waals surface area contributed by atoms with Gasteiger partial charge in [-0.05, 0) is 6.07 Å². The van der Waals surface area contributed by atoms with Crippen LogP contribution in [0.2, 0.25) is 0 Å². The van der Waals surface area contributed by atoms with Gasteiger partial charge in [0.25, 0.3) is 0 Å². The Hall–Kier alpha value is -1.53. The molecule has 0 unspecified atom stereocenters. The molecule has 2 rings (SSSR count). The average molecular weight is 642 g/mol. The van der Waals surface area contributed by atoms with E-state index < -0.39 is 55.0 Å². The Kier molecular flexibility index (Phi) is 14.4. The molecule has 0 radical (unpaired) electrons. The smallest absolute Gasteiger partial charge is 0.857 e. The largest absolute Gasteiger partial charge is 1.00 e. The SMILES string of the molecule is COc1cc(Br)c(C(F)(F)F)cc1[N+](=O)[O-].C[O-].O=[N+]([O-])c1cc(C(F)(F)F)c(Br)cc1F.[Na+]. The van der Waals surface area contributed by atoms with Gasteiger partial charge in [0, 0.05) is 27.1 Å². The van der Waals surface area contributed by atoms with Crippen LogP contribution in [0.5, 0.6) is 5.75 Å². The quantitative estimate of drug-likeness (QED) is 0.220. The van der Waals surface area contributed by atoms with Gasteiger partial charge in [-0.25, -0.2) is 0 Å². The Morgan fingerprint density at radius 2 is 1.15 bits per heavy atom. The molecule has 0 aliphatic rings. The predicted octanol–water partition coefficient (Wildman–Crippen LogP) is 2.88. The summed E-state index contributed by atoms with van der Waals surface area (Å²) in [6.45, 7) is 0. The van der Waals surface area contributed by atoms with Gasteiger partial charge in [0.15, 0.2) is 5.75 Å². The van der Waals surface area contributed by atoms with Crippen molar-refractivity contribution in [3.05, 3.63) is 70.4 Å². The zero-order valence-corrected chi connectivity index (χ0v) is 22.2. The summed E-state index contributed by atoms with van der Waals surface area (Å²) < 4.78 is 90.6. The molecule has 0 aliphatic heterocycles. The Morgan fingerprint density at radius 3 is 1.47 bits per heavy atom. The molecule has 0 N–H and O–H groups in total. The number of hydrogen-bond donors (Lipinski definition) is 0. The third-order valence-corrected chi connectivity index (χ3v) is 4.62. The van der Waals surface area contributed by atoms with Crippen molar-refractivity contribution in [3.8, 4) is 5.75 Å². The second kappa shape index (κ2) is 14.1. The minimum Gasteiger partial charge on any atom is -0.857 e. The van der Waals surface area contributed by atoms with Crippen LogP contribution in [0.3, 0.4) is 0 Å². The first-order chi connectivity index (χ1) is 15.0. The number of ether oxygens (including phenoxy) is 1. The summed E-state index contributed by atoms with van der Waals surface area (Å²) in [6, 6.07) is 1.92. The first kappa shape index (κ1) is 34.6. The number of nitro benzene ring substituents is 2. The normalized spacial score (nSPS) is 10.6. The molecule has 0 atom stereocenters. The second-order valence-electron chi connectivity index (χ2n) is 5.30. The molecule has 18 heteroatoms. The third kappa shape index (κ3) is 9.61. The summed E-state index contributed by atoms with van der Waals surface area (Å²) >= 11 is 5.17. The van der Waals surface area contributed by atoms with Crippen molar-refractivity contribution in [1.82, 2.24) is 0 Å².